The summed E-state index contributed by atoms with van der Waals surface area (Å²) < 4.78 is 0. The van der Waals surface area contributed by atoms with Crippen LogP contribution in [0, 0.1) is 0 Å². The highest BCUT2D eigenvalue weighted by Crippen LogP contribution is 2.40. The van der Waals surface area contributed by atoms with Crippen molar-refractivity contribution in [3.05, 3.63) is 52.5 Å². The van der Waals surface area contributed by atoms with Crippen LogP contribution in [0.5, 0.6) is 0 Å². The van der Waals surface area contributed by atoms with E-state index in [1.54, 1.807) is 30.3 Å². The van der Waals surface area contributed by atoms with Crippen LogP contribution in [0.2, 0.25) is 10.0 Å². The average Bonchev–Trinajstić information content (AvgIpc) is 2.77. The van der Waals surface area contributed by atoms with Gasteiger partial charge in [0.25, 0.3) is 0 Å². The predicted molar refractivity (Wildman–Crippen MR) is 94.1 cm³/mol. The molecule has 1 heterocycles. The lowest BCUT2D eigenvalue weighted by molar-refractivity contribution is -0.121. The van der Waals surface area contributed by atoms with E-state index in [2.05, 4.69) is 0 Å². The number of amides is 2. The Hall–Kier alpha value is -1.69. The van der Waals surface area contributed by atoms with Crippen molar-refractivity contribution in [3.63, 3.8) is 0 Å². The van der Waals surface area contributed by atoms with Crippen molar-refractivity contribution < 1.29 is 9.59 Å². The number of para-hydroxylation sites is 1. The van der Waals surface area contributed by atoms with Crippen LogP contribution in [0.1, 0.15) is 6.42 Å². The third kappa shape index (κ3) is 3.17. The number of nitrogen functional groups attached to an aromatic ring is 1. The summed E-state index contributed by atoms with van der Waals surface area (Å²) in [4.78, 5) is 26.9. The second-order valence-electron chi connectivity index (χ2n) is 5.02. The van der Waals surface area contributed by atoms with Gasteiger partial charge in [0, 0.05) is 17.0 Å². The first kappa shape index (κ1) is 16.2. The van der Waals surface area contributed by atoms with Crippen LogP contribution in [-0.4, -0.2) is 17.1 Å². The number of hydrogen-bond acceptors (Lipinski definition) is 4. The molecule has 2 aromatic carbocycles. The second-order valence-corrected chi connectivity index (χ2v) is 7.11. The van der Waals surface area contributed by atoms with Gasteiger partial charge in [0.2, 0.25) is 11.8 Å². The Kier molecular flexibility index (Phi) is 4.53. The zero-order valence-corrected chi connectivity index (χ0v) is 14.2. The van der Waals surface area contributed by atoms with E-state index in [1.165, 1.54) is 11.8 Å². The normalized spacial score (nSPS) is 17.8. The zero-order chi connectivity index (χ0) is 16.6. The Balaban J connectivity index is 1.87. The van der Waals surface area contributed by atoms with Gasteiger partial charge in [-0.15, -0.1) is 11.8 Å². The molecule has 0 spiro atoms. The second kappa shape index (κ2) is 6.43. The highest BCUT2D eigenvalue weighted by molar-refractivity contribution is 8.00. The van der Waals surface area contributed by atoms with Crippen molar-refractivity contribution in [2.75, 3.05) is 10.6 Å². The first-order chi connectivity index (χ1) is 11.0. The predicted octanol–water partition coefficient (Wildman–Crippen LogP) is 4.00. The van der Waals surface area contributed by atoms with Crippen molar-refractivity contribution in [2.24, 2.45) is 0 Å². The molecule has 0 bridgehead atoms. The number of rotatable bonds is 3. The molecule has 1 saturated heterocycles. The largest absolute Gasteiger partial charge is 0.399 e. The summed E-state index contributed by atoms with van der Waals surface area (Å²) in [7, 11) is 0. The van der Waals surface area contributed by atoms with Gasteiger partial charge in [-0.3, -0.25) is 9.59 Å². The van der Waals surface area contributed by atoms with Gasteiger partial charge in [0.15, 0.2) is 0 Å². The highest BCUT2D eigenvalue weighted by Gasteiger charge is 2.41. The fraction of sp³-hybridized carbons (Fsp3) is 0.125. The third-order valence-corrected chi connectivity index (χ3v) is 5.23. The van der Waals surface area contributed by atoms with Gasteiger partial charge in [-0.1, -0.05) is 29.3 Å². The number of halogens is 2. The maximum Gasteiger partial charge on any atom is 0.247 e. The molecular formula is C16H12Cl2N2O2S. The molecule has 1 atom stereocenters. The zero-order valence-electron chi connectivity index (χ0n) is 11.8. The standard InChI is InChI=1S/C16H12Cl2N2O2S/c17-11-2-1-3-12(18)15(11)20-14(21)8-13(16(20)22)23-10-6-4-9(19)5-7-10/h1-7,13H,8,19H2. The monoisotopic (exact) mass is 366 g/mol. The molecule has 0 radical (unpaired) electrons. The Morgan fingerprint density at radius 3 is 2.26 bits per heavy atom. The van der Waals surface area contributed by atoms with Crippen molar-refractivity contribution in [2.45, 2.75) is 16.6 Å². The van der Waals surface area contributed by atoms with Crippen molar-refractivity contribution >= 4 is 58.2 Å². The summed E-state index contributed by atoms with van der Waals surface area (Å²) in [5.41, 5.74) is 6.55. The molecule has 4 nitrogen and oxygen atoms in total. The van der Waals surface area contributed by atoms with E-state index in [0.29, 0.717) is 5.69 Å². The number of carbonyl (C=O) groups excluding carboxylic acids is 2. The van der Waals surface area contributed by atoms with Crippen LogP contribution >= 0.6 is 35.0 Å². The number of benzene rings is 2. The van der Waals surface area contributed by atoms with E-state index in [9.17, 15) is 9.59 Å². The molecule has 1 aliphatic rings. The maximum absolute atomic E-state index is 12.6. The van der Waals surface area contributed by atoms with Gasteiger partial charge in [0.05, 0.1) is 21.0 Å². The molecule has 7 heteroatoms. The fourth-order valence-corrected chi connectivity index (χ4v) is 3.96. The number of thioether (sulfide) groups is 1. The first-order valence-corrected chi connectivity index (χ1v) is 8.44. The minimum absolute atomic E-state index is 0.107. The molecule has 1 unspecified atom stereocenters. The SMILES string of the molecule is Nc1ccc(SC2CC(=O)N(c3c(Cl)cccc3Cl)C2=O)cc1. The van der Waals surface area contributed by atoms with Crippen LogP contribution in [0.4, 0.5) is 11.4 Å². The third-order valence-electron chi connectivity index (χ3n) is 3.42. The topological polar surface area (TPSA) is 63.4 Å². The van der Waals surface area contributed by atoms with Crippen LogP contribution in [-0.2, 0) is 9.59 Å². The van der Waals surface area contributed by atoms with E-state index in [1.807, 2.05) is 12.1 Å². The fourth-order valence-electron chi connectivity index (χ4n) is 2.34. The molecule has 3 rings (SSSR count). The van der Waals surface area contributed by atoms with Gasteiger partial charge in [-0.05, 0) is 36.4 Å². The lowest BCUT2D eigenvalue weighted by Crippen LogP contribution is -2.31. The number of nitrogens with two attached hydrogens (primary N) is 1. The smallest absolute Gasteiger partial charge is 0.247 e. The van der Waals surface area contributed by atoms with Crippen molar-refractivity contribution in [3.8, 4) is 0 Å². The van der Waals surface area contributed by atoms with E-state index in [0.717, 1.165) is 9.80 Å². The van der Waals surface area contributed by atoms with Crippen LogP contribution in [0.3, 0.4) is 0 Å². The number of anilines is 2. The van der Waals surface area contributed by atoms with Gasteiger partial charge in [-0.25, -0.2) is 4.90 Å². The summed E-state index contributed by atoms with van der Waals surface area (Å²) in [6.45, 7) is 0. The van der Waals surface area contributed by atoms with E-state index < -0.39 is 5.25 Å². The molecule has 0 saturated carbocycles. The van der Waals surface area contributed by atoms with E-state index >= 15 is 0 Å². The molecule has 2 aromatic rings. The summed E-state index contributed by atoms with van der Waals surface area (Å²) in [6, 6.07) is 12.0. The van der Waals surface area contributed by atoms with E-state index in [-0.39, 0.29) is 34.0 Å². The highest BCUT2D eigenvalue weighted by atomic mass is 35.5. The van der Waals surface area contributed by atoms with Crippen LogP contribution in [0.15, 0.2) is 47.4 Å². The molecule has 2 amide bonds. The molecule has 0 aromatic heterocycles. The summed E-state index contributed by atoms with van der Waals surface area (Å²) in [5.74, 6) is -0.621. The minimum Gasteiger partial charge on any atom is -0.399 e. The minimum atomic E-state index is -0.501. The van der Waals surface area contributed by atoms with E-state index in [4.69, 9.17) is 28.9 Å². The quantitative estimate of drug-likeness (QED) is 0.658. The Morgan fingerprint density at radius 1 is 1.04 bits per heavy atom. The van der Waals surface area contributed by atoms with Gasteiger partial charge < -0.3 is 5.73 Å². The van der Waals surface area contributed by atoms with Crippen molar-refractivity contribution in [1.82, 2.24) is 0 Å². The molecular weight excluding hydrogens is 355 g/mol. The van der Waals surface area contributed by atoms with Gasteiger partial charge in [0.1, 0.15) is 0 Å². The Morgan fingerprint density at radius 2 is 1.65 bits per heavy atom. The summed E-state index contributed by atoms with van der Waals surface area (Å²) >= 11 is 13.6. The average molecular weight is 367 g/mol. The number of imide groups is 1. The van der Waals surface area contributed by atoms with Crippen molar-refractivity contribution in [1.29, 1.82) is 0 Å². The lowest BCUT2D eigenvalue weighted by Gasteiger charge is -2.17. The molecule has 0 aliphatic carbocycles. The molecule has 1 fully saturated rings. The molecule has 1 aliphatic heterocycles. The summed E-state index contributed by atoms with van der Waals surface area (Å²) in [6.07, 6.45) is 0.107. The first-order valence-electron chi connectivity index (χ1n) is 6.80. The maximum atomic E-state index is 12.6. The summed E-state index contributed by atoms with van der Waals surface area (Å²) in [5, 5.41) is 0.0492. The number of nitrogens with zero attached hydrogens (tertiary/aromatic N) is 1. The van der Waals surface area contributed by atoms with Crippen LogP contribution < -0.4 is 10.6 Å². The number of hydrogen-bond donors (Lipinski definition) is 1. The lowest BCUT2D eigenvalue weighted by atomic mass is 10.3. The number of carbonyl (C=O) groups is 2. The molecule has 2 N–H and O–H groups in total. The molecule has 118 valence electrons. The Labute approximate surface area is 147 Å². The Bertz CT molecular complexity index is 760. The molecule has 23 heavy (non-hydrogen) atoms. The van der Waals surface area contributed by atoms with Crippen LogP contribution in [0.25, 0.3) is 0 Å². The van der Waals surface area contributed by atoms with Gasteiger partial charge >= 0.3 is 0 Å². The van der Waals surface area contributed by atoms with Gasteiger partial charge in [-0.2, -0.15) is 0 Å².